The van der Waals surface area contributed by atoms with E-state index in [-0.39, 0.29) is 18.2 Å². The molecule has 0 saturated carbocycles. The van der Waals surface area contributed by atoms with Gasteiger partial charge in [0, 0.05) is 45.0 Å². The number of amides is 2. The molecule has 1 atom stereocenters. The standard InChI is InChI=1S/C27H34F3N5O3S/c1-4-34(5-2)25(37)23-18(3)32-26-35(24(23)19-6-8-20(9-7-19)27(28,29)30)21(17-39-26)16-22(36)31-10-11-33-12-14-38-15-13-33/h6-9,17,24H,4-5,10-16H2,1-3H3,(H,31,36)/t24-/m1/s1. The number of fused-ring (bicyclic) bond motifs is 1. The quantitative estimate of drug-likeness (QED) is 0.488. The highest BCUT2D eigenvalue weighted by Crippen LogP contribution is 2.45. The van der Waals surface area contributed by atoms with Crippen LogP contribution in [0.5, 0.6) is 0 Å². The Balaban J connectivity index is 1.59. The van der Waals surface area contributed by atoms with Crippen LogP contribution in [0.1, 0.15) is 44.4 Å². The van der Waals surface area contributed by atoms with Crippen LogP contribution in [0.2, 0.25) is 0 Å². The Morgan fingerprint density at radius 2 is 1.82 bits per heavy atom. The van der Waals surface area contributed by atoms with Gasteiger partial charge in [0.15, 0.2) is 5.17 Å². The van der Waals surface area contributed by atoms with Crippen molar-refractivity contribution in [2.45, 2.75) is 39.4 Å². The summed E-state index contributed by atoms with van der Waals surface area (Å²) >= 11 is 1.34. The number of likely N-dealkylation sites (N-methyl/N-ethyl adjacent to an activating group) is 1. The van der Waals surface area contributed by atoms with E-state index in [9.17, 15) is 22.8 Å². The summed E-state index contributed by atoms with van der Waals surface area (Å²) in [5.74, 6) is -0.401. The summed E-state index contributed by atoms with van der Waals surface area (Å²) in [6.07, 6.45) is -4.42. The van der Waals surface area contributed by atoms with Gasteiger partial charge in [-0.15, -0.1) is 0 Å². The Hall–Kier alpha value is -2.83. The lowest BCUT2D eigenvalue weighted by atomic mass is 9.92. The van der Waals surface area contributed by atoms with Gasteiger partial charge in [-0.3, -0.25) is 14.5 Å². The number of benzene rings is 1. The molecular weight excluding hydrogens is 531 g/mol. The third kappa shape index (κ3) is 6.67. The molecule has 4 rings (SSSR count). The molecule has 12 heteroatoms. The van der Waals surface area contributed by atoms with Gasteiger partial charge in [0.1, 0.15) is 0 Å². The highest BCUT2D eigenvalue weighted by Gasteiger charge is 2.41. The van der Waals surface area contributed by atoms with E-state index >= 15 is 0 Å². The number of alkyl halides is 3. The van der Waals surface area contributed by atoms with Crippen molar-refractivity contribution in [2.24, 2.45) is 4.99 Å². The predicted molar refractivity (Wildman–Crippen MR) is 145 cm³/mol. The second-order valence-electron chi connectivity index (χ2n) is 9.47. The summed E-state index contributed by atoms with van der Waals surface area (Å²) in [6, 6.07) is 4.15. The Morgan fingerprint density at radius 1 is 1.15 bits per heavy atom. The Morgan fingerprint density at radius 3 is 2.44 bits per heavy atom. The second kappa shape index (κ2) is 12.6. The first kappa shape index (κ1) is 29.2. The van der Waals surface area contributed by atoms with Gasteiger partial charge >= 0.3 is 6.18 Å². The molecule has 0 aromatic heterocycles. The lowest BCUT2D eigenvalue weighted by Crippen LogP contribution is -2.43. The van der Waals surface area contributed by atoms with Crippen LogP contribution >= 0.6 is 11.8 Å². The van der Waals surface area contributed by atoms with Crippen molar-refractivity contribution in [2.75, 3.05) is 52.5 Å². The molecule has 212 valence electrons. The molecule has 0 radical (unpaired) electrons. The van der Waals surface area contributed by atoms with Gasteiger partial charge in [-0.05, 0) is 43.9 Å². The summed E-state index contributed by atoms with van der Waals surface area (Å²) in [5, 5.41) is 5.38. The van der Waals surface area contributed by atoms with Crippen LogP contribution in [0.15, 0.2) is 51.6 Å². The Labute approximate surface area is 230 Å². The number of carbonyl (C=O) groups is 2. The van der Waals surface area contributed by atoms with E-state index < -0.39 is 17.8 Å². The zero-order valence-corrected chi connectivity index (χ0v) is 23.2. The normalized spacial score (nSPS) is 19.9. The Kier molecular flexibility index (Phi) is 9.39. The second-order valence-corrected chi connectivity index (χ2v) is 10.3. The number of rotatable bonds is 9. The molecule has 1 aromatic rings. The van der Waals surface area contributed by atoms with E-state index in [2.05, 4.69) is 15.2 Å². The number of hydrogen-bond acceptors (Lipinski definition) is 7. The Bertz CT molecular complexity index is 1160. The van der Waals surface area contributed by atoms with Crippen molar-refractivity contribution < 1.29 is 27.5 Å². The minimum absolute atomic E-state index is 0.0536. The molecule has 2 amide bonds. The highest BCUT2D eigenvalue weighted by molar-refractivity contribution is 8.16. The number of hydrogen-bond donors (Lipinski definition) is 1. The number of allylic oxidation sites excluding steroid dienone is 1. The van der Waals surface area contributed by atoms with Crippen LogP contribution in [0.25, 0.3) is 0 Å². The molecule has 1 saturated heterocycles. The smallest absolute Gasteiger partial charge is 0.379 e. The summed E-state index contributed by atoms with van der Waals surface area (Å²) in [6.45, 7) is 10.7. The monoisotopic (exact) mass is 565 g/mol. The molecule has 0 spiro atoms. The van der Waals surface area contributed by atoms with Crippen LogP contribution in [-0.2, 0) is 20.5 Å². The van der Waals surface area contributed by atoms with Crippen molar-refractivity contribution in [3.8, 4) is 0 Å². The van der Waals surface area contributed by atoms with Crippen LogP contribution < -0.4 is 5.32 Å². The molecule has 8 nitrogen and oxygen atoms in total. The summed E-state index contributed by atoms with van der Waals surface area (Å²) in [7, 11) is 0. The number of halogens is 3. The van der Waals surface area contributed by atoms with Gasteiger partial charge in [-0.25, -0.2) is 4.99 Å². The summed E-state index contributed by atoms with van der Waals surface area (Å²) < 4.78 is 45.3. The zero-order valence-electron chi connectivity index (χ0n) is 22.4. The summed E-state index contributed by atoms with van der Waals surface area (Å²) in [4.78, 5) is 37.0. The first-order valence-electron chi connectivity index (χ1n) is 13.1. The molecule has 0 bridgehead atoms. The number of thioether (sulfide) groups is 1. The molecule has 0 unspecified atom stereocenters. The van der Waals surface area contributed by atoms with Crippen LogP contribution in [-0.4, -0.2) is 84.2 Å². The van der Waals surface area contributed by atoms with Gasteiger partial charge < -0.3 is 19.9 Å². The molecule has 3 aliphatic rings. The molecule has 39 heavy (non-hydrogen) atoms. The minimum Gasteiger partial charge on any atom is -0.379 e. The van der Waals surface area contributed by atoms with Crippen molar-refractivity contribution in [1.29, 1.82) is 0 Å². The fraction of sp³-hybridized carbons (Fsp3) is 0.519. The zero-order chi connectivity index (χ0) is 28.2. The fourth-order valence-corrected chi connectivity index (χ4v) is 5.86. The third-order valence-corrected chi connectivity index (χ3v) is 7.92. The van der Waals surface area contributed by atoms with Crippen molar-refractivity contribution >= 4 is 28.7 Å². The average molecular weight is 566 g/mol. The molecule has 3 aliphatic heterocycles. The first-order valence-corrected chi connectivity index (χ1v) is 14.0. The lowest BCUT2D eigenvalue weighted by molar-refractivity contribution is -0.137. The largest absolute Gasteiger partial charge is 0.416 e. The van der Waals surface area contributed by atoms with Gasteiger partial charge in [-0.2, -0.15) is 13.2 Å². The topological polar surface area (TPSA) is 77.5 Å². The number of ether oxygens (including phenoxy) is 1. The van der Waals surface area contributed by atoms with Crippen LogP contribution in [0, 0.1) is 0 Å². The van der Waals surface area contributed by atoms with E-state index in [1.54, 1.807) is 11.8 Å². The molecule has 0 aliphatic carbocycles. The molecule has 1 fully saturated rings. The number of amidine groups is 1. The van der Waals surface area contributed by atoms with E-state index in [0.29, 0.717) is 60.5 Å². The number of nitrogens with zero attached hydrogens (tertiary/aromatic N) is 4. The lowest BCUT2D eigenvalue weighted by Gasteiger charge is -2.38. The van der Waals surface area contributed by atoms with Gasteiger partial charge in [0.25, 0.3) is 5.91 Å². The third-order valence-electron chi connectivity index (χ3n) is 7.03. The molecule has 1 aromatic carbocycles. The molecule has 3 heterocycles. The van der Waals surface area contributed by atoms with Crippen LogP contribution in [0.4, 0.5) is 13.2 Å². The molecular formula is C27H34F3N5O3S. The highest BCUT2D eigenvalue weighted by atomic mass is 32.2. The number of aliphatic imine (C=N–C) groups is 1. The van der Waals surface area contributed by atoms with Crippen molar-refractivity contribution in [1.82, 2.24) is 20.0 Å². The maximum atomic E-state index is 13.7. The van der Waals surface area contributed by atoms with E-state index in [1.807, 2.05) is 24.2 Å². The van der Waals surface area contributed by atoms with Gasteiger partial charge in [0.2, 0.25) is 5.91 Å². The fourth-order valence-electron chi connectivity index (χ4n) is 4.90. The number of nitrogens with one attached hydrogen (secondary N) is 1. The average Bonchev–Trinajstić information content (AvgIpc) is 3.30. The van der Waals surface area contributed by atoms with Crippen molar-refractivity contribution in [3.05, 3.63) is 57.8 Å². The van der Waals surface area contributed by atoms with Gasteiger partial charge in [0.05, 0.1) is 42.5 Å². The first-order chi connectivity index (χ1) is 18.6. The minimum atomic E-state index is -4.47. The maximum Gasteiger partial charge on any atom is 0.416 e. The number of morpholine rings is 1. The van der Waals surface area contributed by atoms with Gasteiger partial charge in [-0.1, -0.05) is 23.9 Å². The van der Waals surface area contributed by atoms with Crippen molar-refractivity contribution in [3.63, 3.8) is 0 Å². The number of carbonyl (C=O) groups excluding carboxylic acids is 2. The summed E-state index contributed by atoms with van der Waals surface area (Å²) in [5.41, 5.74) is 1.30. The van der Waals surface area contributed by atoms with E-state index in [4.69, 9.17) is 4.74 Å². The van der Waals surface area contributed by atoms with E-state index in [1.165, 1.54) is 23.9 Å². The van der Waals surface area contributed by atoms with Crippen LogP contribution in [0.3, 0.4) is 0 Å². The SMILES string of the molecule is CCN(CC)C(=O)C1=C(C)N=C2SC=C(CC(=O)NCCN3CCOCC3)N2[C@@H]1c1ccc(C(F)(F)F)cc1. The maximum absolute atomic E-state index is 13.7. The van der Waals surface area contributed by atoms with E-state index in [0.717, 1.165) is 31.8 Å². The molecule has 1 N–H and O–H groups in total. The predicted octanol–water partition coefficient (Wildman–Crippen LogP) is 3.99.